The molecule has 0 aromatic heterocycles. The van der Waals surface area contributed by atoms with Crippen molar-refractivity contribution in [2.75, 3.05) is 0 Å². The summed E-state index contributed by atoms with van der Waals surface area (Å²) in [6.07, 6.45) is 6.64. The molecule has 3 nitrogen and oxygen atoms in total. The topological polar surface area (TPSA) is 33.3 Å². The van der Waals surface area contributed by atoms with Crippen molar-refractivity contribution >= 4 is 0 Å². The van der Waals surface area contributed by atoms with Crippen LogP contribution in [0, 0.1) is 23.0 Å². The molecular weight excluding hydrogens is 358 g/mol. The van der Waals surface area contributed by atoms with Crippen LogP contribution in [0.5, 0.6) is 5.75 Å². The van der Waals surface area contributed by atoms with Gasteiger partial charge in [-0.2, -0.15) is 0 Å². The van der Waals surface area contributed by atoms with E-state index in [-0.39, 0.29) is 23.3 Å². The van der Waals surface area contributed by atoms with Gasteiger partial charge in [0, 0.05) is 36.0 Å². The molecule has 0 radical (unpaired) electrons. The van der Waals surface area contributed by atoms with Crippen LogP contribution in [0.1, 0.15) is 78.3 Å². The molecule has 0 amide bonds. The van der Waals surface area contributed by atoms with Crippen LogP contribution in [-0.4, -0.2) is 12.1 Å². The lowest BCUT2D eigenvalue weighted by Crippen LogP contribution is -2.34. The molecule has 2 aliphatic rings. The molecule has 0 bridgehead atoms. The molecule has 3 rings (SSSR count). The predicted octanol–water partition coefficient (Wildman–Crippen LogP) is 5.82. The lowest BCUT2D eigenvalue weighted by atomic mass is 9.71. The maximum atomic E-state index is 14.8. The fourth-order valence-corrected chi connectivity index (χ4v) is 4.81. The third-order valence-corrected chi connectivity index (χ3v) is 6.01. The van der Waals surface area contributed by atoms with Crippen LogP contribution in [0.3, 0.4) is 0 Å². The van der Waals surface area contributed by atoms with Crippen molar-refractivity contribution in [3.05, 3.63) is 41.2 Å². The first-order valence-electron chi connectivity index (χ1n) is 10.5. The van der Waals surface area contributed by atoms with E-state index in [9.17, 15) is 8.78 Å². The van der Waals surface area contributed by atoms with Gasteiger partial charge in [0.05, 0.1) is 12.1 Å². The van der Waals surface area contributed by atoms with Crippen LogP contribution in [0.4, 0.5) is 8.78 Å². The molecular formula is C23H34F2N2O. The minimum atomic E-state index is -0.494. The smallest absolute Gasteiger partial charge is 0.165 e. The van der Waals surface area contributed by atoms with E-state index in [4.69, 9.17) is 4.74 Å². The van der Waals surface area contributed by atoms with E-state index >= 15 is 0 Å². The van der Waals surface area contributed by atoms with Crippen molar-refractivity contribution in [2.24, 2.45) is 11.3 Å². The van der Waals surface area contributed by atoms with Gasteiger partial charge in [-0.1, -0.05) is 27.7 Å². The first-order chi connectivity index (χ1) is 13.2. The fraction of sp³-hybridized carbons (Fsp3) is 0.652. The molecule has 1 aromatic carbocycles. The summed E-state index contributed by atoms with van der Waals surface area (Å²) in [5.74, 6) is -0.384. The summed E-state index contributed by atoms with van der Waals surface area (Å²) < 4.78 is 35.4. The molecule has 5 heteroatoms. The number of benzene rings is 1. The van der Waals surface area contributed by atoms with Gasteiger partial charge in [-0.3, -0.25) is 0 Å². The third kappa shape index (κ3) is 4.98. The zero-order chi connectivity index (χ0) is 20.5. The molecule has 156 valence electrons. The van der Waals surface area contributed by atoms with Crippen LogP contribution in [-0.2, 0) is 0 Å². The molecule has 4 atom stereocenters. The van der Waals surface area contributed by atoms with Gasteiger partial charge in [0.2, 0.25) is 0 Å². The van der Waals surface area contributed by atoms with E-state index in [1.165, 1.54) is 12.1 Å². The van der Waals surface area contributed by atoms with Gasteiger partial charge < -0.3 is 15.4 Å². The SMILES string of the molecule is CCC1CC(NC(C)c2cc(F)c(OC3CC(C)CC(C)(C)C3)cc2F)=CN1. The number of halogens is 2. The average molecular weight is 393 g/mol. The highest BCUT2D eigenvalue weighted by atomic mass is 19.1. The zero-order valence-electron chi connectivity index (χ0n) is 17.7. The Morgan fingerprint density at radius 3 is 2.64 bits per heavy atom. The second-order valence-electron chi connectivity index (χ2n) is 9.47. The van der Waals surface area contributed by atoms with E-state index in [0.29, 0.717) is 17.5 Å². The number of hydrogen-bond acceptors (Lipinski definition) is 3. The molecule has 2 N–H and O–H groups in total. The highest BCUT2D eigenvalue weighted by molar-refractivity contribution is 5.33. The van der Waals surface area contributed by atoms with Gasteiger partial charge in [-0.05, 0) is 50.0 Å². The molecule has 4 unspecified atom stereocenters. The van der Waals surface area contributed by atoms with Gasteiger partial charge in [0.15, 0.2) is 11.6 Å². The second-order valence-corrected chi connectivity index (χ2v) is 9.47. The van der Waals surface area contributed by atoms with E-state index in [2.05, 4.69) is 38.3 Å². The Hall–Kier alpha value is -1.78. The van der Waals surface area contributed by atoms with Gasteiger partial charge in [0.1, 0.15) is 5.82 Å². The Bertz CT molecular complexity index is 732. The molecule has 1 aromatic rings. The molecule has 28 heavy (non-hydrogen) atoms. The lowest BCUT2D eigenvalue weighted by Gasteiger charge is -2.38. The van der Waals surface area contributed by atoms with E-state index in [0.717, 1.165) is 37.8 Å². The highest BCUT2D eigenvalue weighted by Crippen LogP contribution is 2.40. The standard InChI is InChI=1S/C23H34F2N2O/c1-6-16-8-17(13-26-16)27-15(3)19-9-21(25)22(10-20(19)24)28-18-7-14(2)11-23(4,5)12-18/h9-10,13-16,18,26-27H,6-8,11-12H2,1-5H3. The summed E-state index contributed by atoms with van der Waals surface area (Å²) in [5.41, 5.74) is 1.51. The maximum absolute atomic E-state index is 14.8. The first-order valence-corrected chi connectivity index (χ1v) is 10.5. The molecule has 0 saturated heterocycles. The molecule has 1 aliphatic carbocycles. The maximum Gasteiger partial charge on any atom is 0.165 e. The average Bonchev–Trinajstić information content (AvgIpc) is 3.03. The molecule has 1 aliphatic heterocycles. The van der Waals surface area contributed by atoms with Gasteiger partial charge in [0.25, 0.3) is 0 Å². The minimum Gasteiger partial charge on any atom is -0.487 e. The largest absolute Gasteiger partial charge is 0.487 e. The number of ether oxygens (including phenoxy) is 1. The Balaban J connectivity index is 1.69. The normalized spacial score (nSPS) is 27.7. The second kappa shape index (κ2) is 8.30. The summed E-state index contributed by atoms with van der Waals surface area (Å²) in [7, 11) is 0. The van der Waals surface area contributed by atoms with E-state index in [1.54, 1.807) is 0 Å². The van der Waals surface area contributed by atoms with E-state index < -0.39 is 11.6 Å². The fourth-order valence-electron chi connectivity index (χ4n) is 4.81. The Morgan fingerprint density at radius 1 is 1.25 bits per heavy atom. The summed E-state index contributed by atoms with van der Waals surface area (Å²) in [6.45, 7) is 10.6. The Labute approximate surface area is 167 Å². The van der Waals surface area contributed by atoms with Crippen molar-refractivity contribution < 1.29 is 13.5 Å². The monoisotopic (exact) mass is 392 g/mol. The van der Waals surface area contributed by atoms with Gasteiger partial charge >= 0.3 is 0 Å². The summed E-state index contributed by atoms with van der Waals surface area (Å²) in [5, 5.41) is 6.59. The van der Waals surface area contributed by atoms with E-state index in [1.807, 2.05) is 13.1 Å². The molecule has 1 fully saturated rings. The Morgan fingerprint density at radius 2 is 2.00 bits per heavy atom. The first kappa shape index (κ1) is 20.9. The van der Waals surface area contributed by atoms with Crippen molar-refractivity contribution in [1.82, 2.24) is 10.6 Å². The number of hydrogen-bond donors (Lipinski definition) is 2. The van der Waals surface area contributed by atoms with Crippen molar-refractivity contribution in [3.8, 4) is 5.75 Å². The van der Waals surface area contributed by atoms with Gasteiger partial charge in [-0.15, -0.1) is 0 Å². The van der Waals surface area contributed by atoms with Crippen LogP contribution < -0.4 is 15.4 Å². The van der Waals surface area contributed by atoms with Crippen LogP contribution in [0.25, 0.3) is 0 Å². The number of rotatable bonds is 6. The molecule has 1 saturated carbocycles. The van der Waals surface area contributed by atoms with Crippen LogP contribution >= 0.6 is 0 Å². The summed E-state index contributed by atoms with van der Waals surface area (Å²) >= 11 is 0. The Kier molecular flexibility index (Phi) is 6.21. The quantitative estimate of drug-likeness (QED) is 0.640. The lowest BCUT2D eigenvalue weighted by molar-refractivity contribution is 0.0533. The summed E-state index contributed by atoms with van der Waals surface area (Å²) in [4.78, 5) is 0. The van der Waals surface area contributed by atoms with Crippen LogP contribution in [0.15, 0.2) is 24.0 Å². The molecule has 0 spiro atoms. The minimum absolute atomic E-state index is 0.0242. The highest BCUT2D eigenvalue weighted by Gasteiger charge is 2.33. The summed E-state index contributed by atoms with van der Waals surface area (Å²) in [6, 6.07) is 2.58. The molecule has 1 heterocycles. The number of nitrogens with one attached hydrogen (secondary N) is 2. The zero-order valence-corrected chi connectivity index (χ0v) is 17.7. The van der Waals surface area contributed by atoms with Crippen molar-refractivity contribution in [1.29, 1.82) is 0 Å². The van der Waals surface area contributed by atoms with Crippen molar-refractivity contribution in [3.63, 3.8) is 0 Å². The third-order valence-electron chi connectivity index (χ3n) is 6.01. The van der Waals surface area contributed by atoms with Crippen LogP contribution in [0.2, 0.25) is 0 Å². The van der Waals surface area contributed by atoms with Gasteiger partial charge in [-0.25, -0.2) is 8.78 Å². The van der Waals surface area contributed by atoms with Crippen molar-refractivity contribution in [2.45, 2.75) is 84.9 Å². The predicted molar refractivity (Wildman–Crippen MR) is 109 cm³/mol.